The van der Waals surface area contributed by atoms with E-state index in [-0.39, 0.29) is 18.6 Å². The third-order valence-corrected chi connectivity index (χ3v) is 5.35. The molecule has 160 valence electrons. The first kappa shape index (κ1) is 21.7. The fourth-order valence-corrected chi connectivity index (χ4v) is 3.59. The molecule has 0 spiro atoms. The van der Waals surface area contributed by atoms with Gasteiger partial charge in [-0.15, -0.1) is 0 Å². The van der Waals surface area contributed by atoms with Gasteiger partial charge in [-0.1, -0.05) is 55.3 Å². The number of methoxy groups -OCH3 is 1. The highest BCUT2D eigenvalue weighted by Gasteiger charge is 2.22. The summed E-state index contributed by atoms with van der Waals surface area (Å²) >= 11 is 0. The minimum Gasteiger partial charge on any atom is -0.493 e. The highest BCUT2D eigenvalue weighted by molar-refractivity contribution is 5.81. The third kappa shape index (κ3) is 6.51. The highest BCUT2D eigenvalue weighted by Crippen LogP contribution is 2.28. The quantitative estimate of drug-likeness (QED) is 0.494. The van der Waals surface area contributed by atoms with Crippen LogP contribution in [0.25, 0.3) is 0 Å². The number of rotatable bonds is 9. The molecule has 1 saturated carbocycles. The summed E-state index contributed by atoms with van der Waals surface area (Å²) in [5, 5.41) is 6.98. The van der Waals surface area contributed by atoms with Crippen LogP contribution in [0.2, 0.25) is 0 Å². The molecule has 1 fully saturated rings. The van der Waals surface area contributed by atoms with Crippen LogP contribution in [0.1, 0.15) is 43.7 Å². The summed E-state index contributed by atoms with van der Waals surface area (Å²) < 4.78 is 11.3. The van der Waals surface area contributed by atoms with Gasteiger partial charge < -0.3 is 19.6 Å². The average molecular weight is 411 g/mol. The van der Waals surface area contributed by atoms with Gasteiger partial charge in [0.15, 0.2) is 18.1 Å². The molecule has 1 amide bonds. The Morgan fingerprint density at radius 3 is 2.70 bits per heavy atom. The van der Waals surface area contributed by atoms with Crippen molar-refractivity contribution in [3.05, 3.63) is 59.7 Å². The summed E-state index contributed by atoms with van der Waals surface area (Å²) in [6, 6.07) is 15.7. The van der Waals surface area contributed by atoms with Gasteiger partial charge in [-0.25, -0.2) is 0 Å². The van der Waals surface area contributed by atoms with Gasteiger partial charge in [0.25, 0.3) is 5.91 Å². The standard InChI is InChI=1S/C24H30N2O4/c1-18-8-6-7-11-21(18)26-24(27)17-30-25-15-20-12-13-22(28-2)23(14-20)29-16-19-9-4-3-5-10-19/h3-5,9-10,12-15,18,21H,6-8,11,16-17H2,1-2H3,(H,26,27)/b25-15+. The van der Waals surface area contributed by atoms with E-state index in [1.807, 2.05) is 48.5 Å². The van der Waals surface area contributed by atoms with Gasteiger partial charge in [-0.3, -0.25) is 4.79 Å². The van der Waals surface area contributed by atoms with Gasteiger partial charge in [0.2, 0.25) is 0 Å². The first-order chi connectivity index (χ1) is 14.7. The zero-order valence-corrected chi connectivity index (χ0v) is 17.7. The summed E-state index contributed by atoms with van der Waals surface area (Å²) in [5.74, 6) is 1.65. The van der Waals surface area contributed by atoms with Crippen molar-refractivity contribution in [1.82, 2.24) is 5.32 Å². The fraction of sp³-hybridized carbons (Fsp3) is 0.417. The average Bonchev–Trinajstić information content (AvgIpc) is 2.77. The number of carbonyl (C=O) groups excluding carboxylic acids is 1. The van der Waals surface area contributed by atoms with Crippen molar-refractivity contribution in [3.8, 4) is 11.5 Å². The van der Waals surface area contributed by atoms with E-state index in [4.69, 9.17) is 14.3 Å². The Morgan fingerprint density at radius 1 is 1.13 bits per heavy atom. The van der Waals surface area contributed by atoms with E-state index in [9.17, 15) is 4.79 Å². The molecular formula is C24H30N2O4. The van der Waals surface area contributed by atoms with Crippen molar-refractivity contribution < 1.29 is 19.1 Å². The van der Waals surface area contributed by atoms with E-state index >= 15 is 0 Å². The number of oxime groups is 1. The fourth-order valence-electron chi connectivity index (χ4n) is 3.59. The Hall–Kier alpha value is -3.02. The van der Waals surface area contributed by atoms with Crippen LogP contribution in [0.3, 0.4) is 0 Å². The molecule has 0 aromatic heterocycles. The largest absolute Gasteiger partial charge is 0.493 e. The molecule has 1 N–H and O–H groups in total. The maximum absolute atomic E-state index is 12.1. The van der Waals surface area contributed by atoms with Crippen molar-refractivity contribution in [1.29, 1.82) is 0 Å². The number of hydrogen-bond acceptors (Lipinski definition) is 5. The first-order valence-corrected chi connectivity index (χ1v) is 10.4. The Balaban J connectivity index is 1.50. The minimum absolute atomic E-state index is 0.0900. The molecule has 0 heterocycles. The highest BCUT2D eigenvalue weighted by atomic mass is 16.6. The summed E-state index contributed by atoms with van der Waals surface area (Å²) in [4.78, 5) is 17.3. The van der Waals surface area contributed by atoms with Gasteiger partial charge >= 0.3 is 0 Å². The van der Waals surface area contributed by atoms with Crippen molar-refractivity contribution in [3.63, 3.8) is 0 Å². The van der Waals surface area contributed by atoms with Crippen LogP contribution in [0.4, 0.5) is 0 Å². The Kier molecular flexibility index (Phi) is 8.12. The summed E-state index contributed by atoms with van der Waals surface area (Å²) in [5.41, 5.74) is 1.86. The molecule has 0 aliphatic heterocycles. The molecule has 2 atom stereocenters. The predicted octanol–water partition coefficient (Wildman–Crippen LogP) is 4.32. The molecule has 3 rings (SSSR count). The van der Waals surface area contributed by atoms with Crippen LogP contribution >= 0.6 is 0 Å². The normalized spacial score (nSPS) is 18.7. The number of benzene rings is 2. The predicted molar refractivity (Wildman–Crippen MR) is 117 cm³/mol. The molecule has 30 heavy (non-hydrogen) atoms. The maximum atomic E-state index is 12.1. The molecule has 0 radical (unpaired) electrons. The summed E-state index contributed by atoms with van der Waals surface area (Å²) in [6.07, 6.45) is 6.17. The lowest BCUT2D eigenvalue weighted by Gasteiger charge is -2.29. The number of amides is 1. The summed E-state index contributed by atoms with van der Waals surface area (Å²) in [6.45, 7) is 2.53. The molecule has 2 unspecified atom stereocenters. The Bertz CT molecular complexity index is 838. The first-order valence-electron chi connectivity index (χ1n) is 10.4. The van der Waals surface area contributed by atoms with E-state index in [2.05, 4.69) is 17.4 Å². The van der Waals surface area contributed by atoms with Crippen molar-refractivity contribution in [2.75, 3.05) is 13.7 Å². The monoisotopic (exact) mass is 410 g/mol. The molecule has 0 bridgehead atoms. The van der Waals surface area contributed by atoms with Gasteiger partial charge in [-0.05, 0) is 42.5 Å². The lowest BCUT2D eigenvalue weighted by Crippen LogP contribution is -2.42. The van der Waals surface area contributed by atoms with Crippen LogP contribution in [0.15, 0.2) is 53.7 Å². The molecule has 2 aromatic carbocycles. The lowest BCUT2D eigenvalue weighted by atomic mass is 9.86. The SMILES string of the molecule is COc1ccc(/C=N/OCC(=O)NC2CCCCC2C)cc1OCc1ccccc1. The second-order valence-electron chi connectivity index (χ2n) is 7.63. The van der Waals surface area contributed by atoms with Gasteiger partial charge in [0.05, 0.1) is 13.3 Å². The number of nitrogens with one attached hydrogen (secondary N) is 1. The summed E-state index contributed by atoms with van der Waals surface area (Å²) in [7, 11) is 1.60. The molecule has 2 aromatic rings. The zero-order valence-electron chi connectivity index (χ0n) is 17.7. The molecule has 1 aliphatic rings. The van der Waals surface area contributed by atoms with Crippen LogP contribution in [-0.4, -0.2) is 31.9 Å². The van der Waals surface area contributed by atoms with Gasteiger partial charge in [0.1, 0.15) is 6.61 Å². The van der Waals surface area contributed by atoms with Crippen LogP contribution < -0.4 is 14.8 Å². The number of nitrogens with zero attached hydrogens (tertiary/aromatic N) is 1. The molecular weight excluding hydrogens is 380 g/mol. The molecule has 6 heteroatoms. The van der Waals surface area contributed by atoms with E-state index in [1.54, 1.807) is 13.3 Å². The number of ether oxygens (including phenoxy) is 2. The second-order valence-corrected chi connectivity index (χ2v) is 7.63. The van der Waals surface area contributed by atoms with E-state index in [0.717, 1.165) is 24.0 Å². The maximum Gasteiger partial charge on any atom is 0.261 e. The minimum atomic E-state index is -0.132. The zero-order chi connectivity index (χ0) is 21.2. The lowest BCUT2D eigenvalue weighted by molar-refractivity contribution is -0.126. The van der Waals surface area contributed by atoms with E-state index in [1.165, 1.54) is 12.8 Å². The second kappa shape index (κ2) is 11.2. The van der Waals surface area contributed by atoms with Crippen molar-refractivity contribution in [2.24, 2.45) is 11.1 Å². The Morgan fingerprint density at radius 2 is 1.93 bits per heavy atom. The van der Waals surface area contributed by atoms with Crippen molar-refractivity contribution in [2.45, 2.75) is 45.3 Å². The van der Waals surface area contributed by atoms with Crippen LogP contribution in [-0.2, 0) is 16.2 Å². The van der Waals surface area contributed by atoms with Crippen LogP contribution in [0.5, 0.6) is 11.5 Å². The third-order valence-electron chi connectivity index (χ3n) is 5.35. The van der Waals surface area contributed by atoms with Gasteiger partial charge in [0, 0.05) is 11.6 Å². The van der Waals surface area contributed by atoms with E-state index < -0.39 is 0 Å². The number of hydrogen-bond donors (Lipinski definition) is 1. The molecule has 6 nitrogen and oxygen atoms in total. The van der Waals surface area contributed by atoms with Crippen molar-refractivity contribution >= 4 is 12.1 Å². The topological polar surface area (TPSA) is 69.2 Å². The smallest absolute Gasteiger partial charge is 0.261 e. The van der Waals surface area contributed by atoms with Gasteiger partial charge in [-0.2, -0.15) is 0 Å². The van der Waals surface area contributed by atoms with E-state index in [0.29, 0.717) is 24.0 Å². The number of carbonyl (C=O) groups is 1. The Labute approximate surface area is 178 Å². The van der Waals surface area contributed by atoms with Crippen LogP contribution in [0, 0.1) is 5.92 Å². The molecule has 1 aliphatic carbocycles. The molecule has 0 saturated heterocycles.